The Balaban J connectivity index is 2.81. The zero-order valence-electron chi connectivity index (χ0n) is 8.00. The summed E-state index contributed by atoms with van der Waals surface area (Å²) < 4.78 is 0. The minimum Gasteiger partial charge on any atom is -0.287 e. The zero-order chi connectivity index (χ0) is 11.3. The Kier molecular flexibility index (Phi) is 4.30. The van der Waals surface area contributed by atoms with E-state index >= 15 is 0 Å². The predicted molar refractivity (Wildman–Crippen MR) is 59.7 cm³/mol. The minimum absolute atomic E-state index is 0.0914. The molecule has 1 aromatic carbocycles. The zero-order valence-corrected chi connectivity index (χ0v) is 8.89. The highest BCUT2D eigenvalue weighted by atomic mass is 32.1. The first-order chi connectivity index (χ1) is 7.09. The van der Waals surface area contributed by atoms with Crippen molar-refractivity contribution in [3.63, 3.8) is 0 Å². The van der Waals surface area contributed by atoms with Crippen molar-refractivity contribution < 1.29 is 9.72 Å². The molecule has 0 heterocycles. The third-order valence-corrected chi connectivity index (χ3v) is 2.24. The number of hydrogen-bond acceptors (Lipinski definition) is 3. The fraction of sp³-hybridized carbons (Fsp3) is 0.300. The molecule has 1 unspecified atom stereocenters. The molecule has 5 heteroatoms. The maximum atomic E-state index is 10.9. The lowest BCUT2D eigenvalue weighted by Gasteiger charge is -2.10. The first-order valence-electron chi connectivity index (χ1n) is 4.48. The van der Waals surface area contributed by atoms with Crippen molar-refractivity contribution in [2.75, 3.05) is 6.54 Å². The molecular formula is C10H11NO3S. The highest BCUT2D eigenvalue weighted by Crippen LogP contribution is 2.20. The monoisotopic (exact) mass is 225 g/mol. The van der Waals surface area contributed by atoms with E-state index in [4.69, 9.17) is 0 Å². The van der Waals surface area contributed by atoms with Crippen LogP contribution >= 0.6 is 12.6 Å². The van der Waals surface area contributed by atoms with E-state index in [2.05, 4.69) is 12.6 Å². The molecule has 0 saturated carbocycles. The smallest absolute Gasteiger partial charge is 0.211 e. The van der Waals surface area contributed by atoms with E-state index in [1.165, 1.54) is 0 Å². The number of nitro groups is 1. The van der Waals surface area contributed by atoms with Crippen molar-refractivity contribution >= 4 is 17.7 Å². The van der Waals surface area contributed by atoms with Gasteiger partial charge in [0.15, 0.2) is 5.12 Å². The third-order valence-electron chi connectivity index (χ3n) is 2.06. The molecule has 0 radical (unpaired) electrons. The van der Waals surface area contributed by atoms with Gasteiger partial charge in [-0.1, -0.05) is 30.3 Å². The summed E-state index contributed by atoms with van der Waals surface area (Å²) in [5, 5.41) is 10.1. The van der Waals surface area contributed by atoms with Crippen LogP contribution < -0.4 is 0 Å². The van der Waals surface area contributed by atoms with Gasteiger partial charge in [0.2, 0.25) is 6.54 Å². The van der Waals surface area contributed by atoms with Gasteiger partial charge in [0.1, 0.15) is 0 Å². The molecule has 0 aromatic heterocycles. The molecule has 0 aliphatic heterocycles. The number of carbonyl (C=O) groups is 1. The van der Waals surface area contributed by atoms with E-state index in [0.717, 1.165) is 5.56 Å². The molecule has 0 bridgehead atoms. The Morgan fingerprint density at radius 3 is 2.47 bits per heavy atom. The van der Waals surface area contributed by atoms with Crippen molar-refractivity contribution in [2.45, 2.75) is 12.3 Å². The quantitative estimate of drug-likeness (QED) is 0.473. The molecule has 0 fully saturated rings. The van der Waals surface area contributed by atoms with Gasteiger partial charge in [-0.3, -0.25) is 14.9 Å². The fourth-order valence-electron chi connectivity index (χ4n) is 1.40. The molecule has 0 amide bonds. The van der Waals surface area contributed by atoms with Crippen LogP contribution in [0.1, 0.15) is 17.9 Å². The van der Waals surface area contributed by atoms with Crippen LogP contribution in [0.2, 0.25) is 0 Å². The average Bonchev–Trinajstić information content (AvgIpc) is 2.17. The summed E-state index contributed by atoms with van der Waals surface area (Å²) in [5.74, 6) is -0.383. The number of hydrogen-bond donors (Lipinski definition) is 1. The second-order valence-electron chi connectivity index (χ2n) is 3.22. The van der Waals surface area contributed by atoms with Gasteiger partial charge in [-0.05, 0) is 5.56 Å². The van der Waals surface area contributed by atoms with Gasteiger partial charge in [-0.2, -0.15) is 0 Å². The van der Waals surface area contributed by atoms with Crippen LogP contribution in [-0.4, -0.2) is 16.6 Å². The molecule has 0 aliphatic carbocycles. The lowest BCUT2D eigenvalue weighted by atomic mass is 9.96. The van der Waals surface area contributed by atoms with Crippen LogP contribution in [-0.2, 0) is 4.79 Å². The molecule has 0 aliphatic rings. The fourth-order valence-corrected chi connectivity index (χ4v) is 1.62. The SMILES string of the molecule is O=C(S)CC(C[N+](=O)[O-])c1ccccc1. The molecular weight excluding hydrogens is 214 g/mol. The number of thiol groups is 1. The minimum atomic E-state index is -0.408. The maximum absolute atomic E-state index is 10.9. The van der Waals surface area contributed by atoms with Crippen molar-refractivity contribution in [3.8, 4) is 0 Å². The third kappa shape index (κ3) is 4.12. The molecule has 1 rings (SSSR count). The molecule has 0 N–H and O–H groups in total. The summed E-state index contributed by atoms with van der Waals surface area (Å²) >= 11 is 3.65. The number of nitrogens with zero attached hydrogens (tertiary/aromatic N) is 1. The standard InChI is InChI=1S/C10H11NO3S/c12-10(15)6-9(7-11(13)14)8-4-2-1-3-5-8/h1-5,9H,6-7H2,(H,12,15). The molecule has 0 saturated heterocycles. The van der Waals surface area contributed by atoms with E-state index in [9.17, 15) is 14.9 Å². The van der Waals surface area contributed by atoms with Crippen molar-refractivity contribution in [1.29, 1.82) is 0 Å². The summed E-state index contributed by atoms with van der Waals surface area (Å²) in [5.41, 5.74) is 0.802. The molecule has 1 atom stereocenters. The summed E-state index contributed by atoms with van der Waals surface area (Å²) in [6, 6.07) is 8.99. The summed E-state index contributed by atoms with van der Waals surface area (Å²) in [7, 11) is 0. The lowest BCUT2D eigenvalue weighted by Crippen LogP contribution is -2.14. The van der Waals surface area contributed by atoms with Crippen LogP contribution in [0.15, 0.2) is 30.3 Å². The van der Waals surface area contributed by atoms with Crippen LogP contribution in [0.5, 0.6) is 0 Å². The van der Waals surface area contributed by atoms with Crippen LogP contribution in [0.3, 0.4) is 0 Å². The highest BCUT2D eigenvalue weighted by molar-refractivity contribution is 7.96. The Labute approximate surface area is 92.9 Å². The van der Waals surface area contributed by atoms with Gasteiger partial charge in [-0.25, -0.2) is 0 Å². The van der Waals surface area contributed by atoms with Crippen molar-refractivity contribution in [1.82, 2.24) is 0 Å². The second-order valence-corrected chi connectivity index (χ2v) is 3.72. The summed E-state index contributed by atoms with van der Waals surface area (Å²) in [4.78, 5) is 20.9. The largest absolute Gasteiger partial charge is 0.287 e. The molecule has 4 nitrogen and oxygen atoms in total. The van der Waals surface area contributed by atoms with Gasteiger partial charge in [0, 0.05) is 11.3 Å². The number of carbonyl (C=O) groups excluding carboxylic acids is 1. The topological polar surface area (TPSA) is 60.2 Å². The number of benzene rings is 1. The predicted octanol–water partition coefficient (Wildman–Crippen LogP) is 1.89. The second kappa shape index (κ2) is 5.50. The Morgan fingerprint density at radius 2 is 2.00 bits per heavy atom. The van der Waals surface area contributed by atoms with Gasteiger partial charge in [0.05, 0.1) is 5.92 Å². The maximum Gasteiger partial charge on any atom is 0.211 e. The Hall–Kier alpha value is -1.36. The van der Waals surface area contributed by atoms with Crippen LogP contribution in [0.4, 0.5) is 0 Å². The van der Waals surface area contributed by atoms with Crippen molar-refractivity contribution in [2.24, 2.45) is 0 Å². The van der Waals surface area contributed by atoms with E-state index in [1.54, 1.807) is 24.3 Å². The molecule has 0 spiro atoms. The average molecular weight is 225 g/mol. The first kappa shape index (κ1) is 11.7. The van der Waals surface area contributed by atoms with E-state index in [-0.39, 0.29) is 24.0 Å². The normalized spacial score (nSPS) is 12.1. The Morgan fingerprint density at radius 1 is 1.40 bits per heavy atom. The molecule has 15 heavy (non-hydrogen) atoms. The van der Waals surface area contributed by atoms with Gasteiger partial charge in [0.25, 0.3) is 0 Å². The summed E-state index contributed by atoms with van der Waals surface area (Å²) in [6.07, 6.45) is 0.0914. The molecule has 1 aromatic rings. The van der Waals surface area contributed by atoms with Gasteiger partial charge < -0.3 is 0 Å². The van der Waals surface area contributed by atoms with E-state index < -0.39 is 4.92 Å². The van der Waals surface area contributed by atoms with Crippen LogP contribution in [0.25, 0.3) is 0 Å². The Bertz CT molecular complexity index is 337. The van der Waals surface area contributed by atoms with Gasteiger partial charge in [-0.15, -0.1) is 12.6 Å². The lowest BCUT2D eigenvalue weighted by molar-refractivity contribution is -0.483. The number of rotatable bonds is 5. The first-order valence-corrected chi connectivity index (χ1v) is 4.93. The summed E-state index contributed by atoms with van der Waals surface area (Å²) in [6.45, 7) is -0.240. The van der Waals surface area contributed by atoms with E-state index in [1.807, 2.05) is 6.07 Å². The molecule has 80 valence electrons. The van der Waals surface area contributed by atoms with Crippen molar-refractivity contribution in [3.05, 3.63) is 46.0 Å². The van der Waals surface area contributed by atoms with E-state index in [0.29, 0.717) is 0 Å². The highest BCUT2D eigenvalue weighted by Gasteiger charge is 2.19. The van der Waals surface area contributed by atoms with Gasteiger partial charge >= 0.3 is 0 Å². The van der Waals surface area contributed by atoms with Crippen LogP contribution in [0, 0.1) is 10.1 Å².